The Morgan fingerprint density at radius 2 is 1.94 bits per heavy atom. The fourth-order valence-corrected chi connectivity index (χ4v) is 2.03. The van der Waals surface area contributed by atoms with Gasteiger partial charge in [-0.2, -0.15) is 0 Å². The third kappa shape index (κ3) is 2.74. The van der Waals surface area contributed by atoms with Crippen molar-refractivity contribution in [3.63, 3.8) is 0 Å². The highest BCUT2D eigenvalue weighted by molar-refractivity contribution is 6.18. The highest BCUT2D eigenvalue weighted by Crippen LogP contribution is 2.23. The first-order valence-corrected chi connectivity index (χ1v) is 6.31. The predicted octanol–water partition coefficient (Wildman–Crippen LogP) is 3.54. The molecule has 0 bridgehead atoms. The molecular weight excluding hydrogens is 248 g/mol. The molecule has 0 radical (unpaired) electrons. The lowest BCUT2D eigenvalue weighted by Gasteiger charge is -2.17. The third-order valence-electron chi connectivity index (χ3n) is 2.80. The van der Waals surface area contributed by atoms with Crippen LogP contribution in [0.1, 0.15) is 0 Å². The van der Waals surface area contributed by atoms with Crippen LogP contribution in [-0.2, 0) is 0 Å². The average molecular weight is 263 g/mol. The zero-order chi connectivity index (χ0) is 13.0. The molecule has 0 aliphatic heterocycles. The number of alkyl halides is 1. The number of benzene rings is 2. The molecule has 0 saturated carbocycles. The highest BCUT2D eigenvalue weighted by Gasteiger charge is 2.09. The Morgan fingerprint density at radius 3 is 2.72 bits per heavy atom. The number of carbonyl (C=O) groups excluding carboxylic acids is 1. The molecule has 0 aromatic heterocycles. The summed E-state index contributed by atoms with van der Waals surface area (Å²) in [5.41, 5.74) is 0.819. The molecule has 0 saturated heterocycles. The molecule has 0 spiro atoms. The van der Waals surface area contributed by atoms with Crippen molar-refractivity contribution < 1.29 is 4.79 Å². The number of carbonyl (C=O) groups is 1. The van der Waals surface area contributed by atoms with E-state index in [1.54, 1.807) is 11.9 Å². The van der Waals surface area contributed by atoms with Crippen LogP contribution in [0.5, 0.6) is 0 Å². The van der Waals surface area contributed by atoms with Gasteiger partial charge in [0, 0.05) is 24.9 Å². The fourth-order valence-electron chi connectivity index (χ4n) is 1.77. The van der Waals surface area contributed by atoms with Crippen LogP contribution < -0.4 is 5.32 Å². The summed E-state index contributed by atoms with van der Waals surface area (Å²) in [6.45, 7) is 0.526. The summed E-state index contributed by atoms with van der Waals surface area (Å²) in [4.78, 5) is 13.5. The summed E-state index contributed by atoms with van der Waals surface area (Å²) in [5.74, 6) is 0.430. The number of amides is 2. The summed E-state index contributed by atoms with van der Waals surface area (Å²) in [6, 6.07) is 13.7. The van der Waals surface area contributed by atoms with E-state index in [2.05, 4.69) is 5.32 Å². The van der Waals surface area contributed by atoms with Gasteiger partial charge in [0.2, 0.25) is 0 Å². The lowest BCUT2D eigenvalue weighted by Crippen LogP contribution is -2.32. The van der Waals surface area contributed by atoms with Crippen LogP contribution in [-0.4, -0.2) is 30.4 Å². The van der Waals surface area contributed by atoms with Crippen molar-refractivity contribution in [1.29, 1.82) is 0 Å². The SMILES string of the molecule is CN(CCCl)C(=O)Nc1cccc2ccccc12. The van der Waals surface area contributed by atoms with Gasteiger partial charge in [0.05, 0.1) is 5.69 Å². The molecule has 1 N–H and O–H groups in total. The van der Waals surface area contributed by atoms with Gasteiger partial charge in [-0.05, 0) is 11.5 Å². The van der Waals surface area contributed by atoms with Crippen LogP contribution in [0.3, 0.4) is 0 Å². The zero-order valence-electron chi connectivity index (χ0n) is 10.2. The van der Waals surface area contributed by atoms with Crippen molar-refractivity contribution in [2.75, 3.05) is 24.8 Å². The maximum absolute atomic E-state index is 11.9. The predicted molar refractivity (Wildman–Crippen MR) is 76.3 cm³/mol. The van der Waals surface area contributed by atoms with Crippen molar-refractivity contribution in [3.8, 4) is 0 Å². The van der Waals surface area contributed by atoms with Gasteiger partial charge < -0.3 is 10.2 Å². The molecule has 2 aromatic carbocycles. The van der Waals surface area contributed by atoms with Crippen molar-refractivity contribution in [2.24, 2.45) is 0 Å². The number of rotatable bonds is 3. The van der Waals surface area contributed by atoms with Crippen LogP contribution in [0.2, 0.25) is 0 Å². The number of halogens is 1. The van der Waals surface area contributed by atoms with E-state index in [4.69, 9.17) is 11.6 Å². The molecule has 2 aromatic rings. The first-order chi connectivity index (χ1) is 8.72. The molecule has 0 fully saturated rings. The Bertz CT molecular complexity index is 551. The Labute approximate surface area is 111 Å². The normalized spacial score (nSPS) is 10.3. The van der Waals surface area contributed by atoms with Crippen LogP contribution in [0.4, 0.5) is 10.5 Å². The van der Waals surface area contributed by atoms with Crippen molar-refractivity contribution >= 4 is 34.1 Å². The highest BCUT2D eigenvalue weighted by atomic mass is 35.5. The van der Waals surface area contributed by atoms with E-state index in [0.717, 1.165) is 16.5 Å². The molecule has 0 aliphatic rings. The molecule has 0 heterocycles. The number of nitrogens with one attached hydrogen (secondary N) is 1. The monoisotopic (exact) mass is 262 g/mol. The van der Waals surface area contributed by atoms with Crippen LogP contribution in [0, 0.1) is 0 Å². The minimum absolute atomic E-state index is 0.146. The van der Waals surface area contributed by atoms with Gasteiger partial charge in [0.15, 0.2) is 0 Å². The second-order valence-electron chi connectivity index (χ2n) is 4.07. The van der Waals surface area contributed by atoms with Gasteiger partial charge >= 0.3 is 6.03 Å². The minimum atomic E-state index is -0.146. The fraction of sp³-hybridized carbons (Fsp3) is 0.214. The standard InChI is InChI=1S/C14H15ClN2O/c1-17(10-9-15)14(18)16-13-8-4-6-11-5-2-3-7-12(11)13/h2-8H,9-10H2,1H3,(H,16,18). The van der Waals surface area contributed by atoms with E-state index >= 15 is 0 Å². The average Bonchev–Trinajstić information content (AvgIpc) is 2.39. The van der Waals surface area contributed by atoms with Gasteiger partial charge in [-0.1, -0.05) is 36.4 Å². The summed E-state index contributed by atoms with van der Waals surface area (Å²) in [6.07, 6.45) is 0. The zero-order valence-corrected chi connectivity index (χ0v) is 10.9. The van der Waals surface area contributed by atoms with E-state index in [9.17, 15) is 4.79 Å². The molecule has 2 amide bonds. The lowest BCUT2D eigenvalue weighted by atomic mass is 10.1. The molecule has 0 atom stereocenters. The molecule has 18 heavy (non-hydrogen) atoms. The van der Waals surface area contributed by atoms with Crippen molar-refractivity contribution in [1.82, 2.24) is 4.90 Å². The summed E-state index contributed by atoms with van der Waals surface area (Å²) >= 11 is 5.62. The molecule has 3 nitrogen and oxygen atoms in total. The maximum Gasteiger partial charge on any atom is 0.321 e. The van der Waals surface area contributed by atoms with Crippen LogP contribution in [0.25, 0.3) is 10.8 Å². The Morgan fingerprint density at radius 1 is 1.22 bits per heavy atom. The Kier molecular flexibility index (Phi) is 4.05. The van der Waals surface area contributed by atoms with E-state index in [1.807, 2.05) is 42.5 Å². The number of hydrogen-bond donors (Lipinski definition) is 1. The van der Waals surface area contributed by atoms with E-state index in [-0.39, 0.29) is 6.03 Å². The quantitative estimate of drug-likeness (QED) is 0.843. The lowest BCUT2D eigenvalue weighted by molar-refractivity contribution is 0.225. The van der Waals surface area contributed by atoms with Crippen LogP contribution in [0.15, 0.2) is 42.5 Å². The van der Waals surface area contributed by atoms with E-state index in [0.29, 0.717) is 12.4 Å². The first kappa shape index (κ1) is 12.7. The summed E-state index contributed by atoms with van der Waals surface area (Å²) in [5, 5.41) is 5.04. The van der Waals surface area contributed by atoms with Crippen molar-refractivity contribution in [3.05, 3.63) is 42.5 Å². The number of urea groups is 1. The second-order valence-corrected chi connectivity index (χ2v) is 4.45. The van der Waals surface area contributed by atoms with Crippen molar-refractivity contribution in [2.45, 2.75) is 0 Å². The minimum Gasteiger partial charge on any atom is -0.326 e. The molecule has 0 aliphatic carbocycles. The molecule has 2 rings (SSSR count). The Balaban J connectivity index is 2.24. The molecule has 4 heteroatoms. The third-order valence-corrected chi connectivity index (χ3v) is 2.97. The topological polar surface area (TPSA) is 32.3 Å². The summed E-state index contributed by atoms with van der Waals surface area (Å²) < 4.78 is 0. The van der Waals surface area contributed by atoms with E-state index < -0.39 is 0 Å². The number of fused-ring (bicyclic) bond motifs is 1. The van der Waals surface area contributed by atoms with Gasteiger partial charge in [-0.3, -0.25) is 0 Å². The van der Waals surface area contributed by atoms with Gasteiger partial charge in [0.25, 0.3) is 0 Å². The maximum atomic E-state index is 11.9. The van der Waals surface area contributed by atoms with Gasteiger partial charge in [0.1, 0.15) is 0 Å². The molecule has 94 valence electrons. The Hall–Kier alpha value is -1.74. The first-order valence-electron chi connectivity index (χ1n) is 5.78. The summed E-state index contributed by atoms with van der Waals surface area (Å²) in [7, 11) is 1.73. The molecular formula is C14H15ClN2O. The molecule has 0 unspecified atom stereocenters. The number of hydrogen-bond acceptors (Lipinski definition) is 1. The number of nitrogens with zero attached hydrogens (tertiary/aromatic N) is 1. The van der Waals surface area contributed by atoms with E-state index in [1.165, 1.54) is 0 Å². The largest absolute Gasteiger partial charge is 0.326 e. The van der Waals surface area contributed by atoms with Gasteiger partial charge in [-0.15, -0.1) is 11.6 Å². The smallest absolute Gasteiger partial charge is 0.321 e. The number of anilines is 1. The van der Waals surface area contributed by atoms with Gasteiger partial charge in [-0.25, -0.2) is 4.79 Å². The van der Waals surface area contributed by atoms with Crippen LogP contribution >= 0.6 is 11.6 Å². The second kappa shape index (κ2) is 5.74.